The maximum absolute atomic E-state index is 10.9. The highest BCUT2D eigenvalue weighted by Gasteiger charge is 2.17. The number of benzene rings is 1. The molecule has 3 heterocycles. The van der Waals surface area contributed by atoms with Crippen molar-refractivity contribution in [3.63, 3.8) is 0 Å². The zero-order chi connectivity index (χ0) is 27.0. The first-order valence-corrected chi connectivity index (χ1v) is 14.7. The van der Waals surface area contributed by atoms with Crippen LogP contribution >= 0.6 is 15.9 Å². The minimum atomic E-state index is -3.47. The summed E-state index contributed by atoms with van der Waals surface area (Å²) in [5, 5.41) is 26.0. The first-order valence-electron chi connectivity index (χ1n) is 12.0. The van der Waals surface area contributed by atoms with Crippen LogP contribution in [0.4, 0.5) is 5.82 Å². The lowest BCUT2D eigenvalue weighted by Gasteiger charge is -2.17. The molecule has 3 aromatic heterocycles. The molecule has 0 atom stereocenters. The molecule has 0 aliphatic rings. The second-order valence-corrected chi connectivity index (χ2v) is 11.5. The van der Waals surface area contributed by atoms with Crippen LogP contribution in [-0.2, 0) is 16.4 Å². The third kappa shape index (κ3) is 7.65. The number of nitrogens with one attached hydrogen (secondary N) is 1. The SMILES string of the molecule is CCCC(CCC)c1cc(NCc2cccnc2)n2ncc(Br)c2n1.CS(=O)(=O)c1cc(O)ccc1O. The Morgan fingerprint density at radius 2 is 1.81 bits per heavy atom. The number of sulfone groups is 1. The Labute approximate surface area is 225 Å². The van der Waals surface area contributed by atoms with Gasteiger partial charge in [-0.15, -0.1) is 0 Å². The summed E-state index contributed by atoms with van der Waals surface area (Å²) in [6, 6.07) is 9.52. The van der Waals surface area contributed by atoms with Gasteiger partial charge in [-0.3, -0.25) is 4.98 Å². The average Bonchev–Trinajstić information content (AvgIpc) is 3.25. The van der Waals surface area contributed by atoms with Gasteiger partial charge in [0.25, 0.3) is 0 Å². The van der Waals surface area contributed by atoms with Crippen LogP contribution in [0.5, 0.6) is 11.5 Å². The summed E-state index contributed by atoms with van der Waals surface area (Å²) in [6.45, 7) is 5.17. The number of phenols is 2. The molecule has 0 unspecified atom stereocenters. The molecule has 0 bridgehead atoms. The minimum absolute atomic E-state index is 0.187. The van der Waals surface area contributed by atoms with Gasteiger partial charge < -0.3 is 15.5 Å². The fourth-order valence-corrected chi connectivity index (χ4v) is 5.05. The van der Waals surface area contributed by atoms with Gasteiger partial charge in [0.1, 0.15) is 22.2 Å². The Hall–Kier alpha value is -3.18. The summed E-state index contributed by atoms with van der Waals surface area (Å²) in [5.41, 5.74) is 3.15. The Kier molecular flexibility index (Phi) is 9.87. The van der Waals surface area contributed by atoms with Gasteiger partial charge in [-0.2, -0.15) is 9.61 Å². The number of rotatable bonds is 9. The number of pyridine rings is 1. The molecule has 0 aliphatic heterocycles. The number of hydrogen-bond acceptors (Lipinski definition) is 8. The molecular formula is C26H32BrN5O4S. The van der Waals surface area contributed by atoms with Crippen molar-refractivity contribution in [1.82, 2.24) is 19.6 Å². The van der Waals surface area contributed by atoms with Crippen molar-refractivity contribution in [2.45, 2.75) is 56.9 Å². The Morgan fingerprint density at radius 1 is 1.08 bits per heavy atom. The first kappa shape index (κ1) is 28.4. The highest BCUT2D eigenvalue weighted by atomic mass is 79.9. The van der Waals surface area contributed by atoms with E-state index in [0.29, 0.717) is 12.5 Å². The molecule has 0 spiro atoms. The van der Waals surface area contributed by atoms with Gasteiger partial charge in [0, 0.05) is 48.9 Å². The van der Waals surface area contributed by atoms with Crippen molar-refractivity contribution in [1.29, 1.82) is 0 Å². The molecule has 4 rings (SSSR count). The maximum Gasteiger partial charge on any atom is 0.179 e. The second kappa shape index (κ2) is 12.9. The number of anilines is 1. The molecule has 0 saturated heterocycles. The molecule has 198 valence electrons. The van der Waals surface area contributed by atoms with Crippen LogP contribution in [0.25, 0.3) is 5.65 Å². The average molecular weight is 591 g/mol. The minimum Gasteiger partial charge on any atom is -0.508 e. The highest BCUT2D eigenvalue weighted by Crippen LogP contribution is 2.29. The fourth-order valence-electron chi connectivity index (χ4n) is 3.92. The van der Waals surface area contributed by atoms with Crippen molar-refractivity contribution in [2.24, 2.45) is 0 Å². The lowest BCUT2D eigenvalue weighted by Crippen LogP contribution is -2.10. The Morgan fingerprint density at radius 3 is 2.41 bits per heavy atom. The van der Waals surface area contributed by atoms with Crippen molar-refractivity contribution >= 4 is 37.2 Å². The molecule has 11 heteroatoms. The van der Waals surface area contributed by atoms with Crippen LogP contribution in [-0.4, -0.2) is 44.5 Å². The number of hydrogen-bond donors (Lipinski definition) is 3. The van der Waals surface area contributed by atoms with E-state index < -0.39 is 9.84 Å². The van der Waals surface area contributed by atoms with Gasteiger partial charge in [0.2, 0.25) is 0 Å². The molecule has 4 aromatic rings. The number of fused-ring (bicyclic) bond motifs is 1. The number of halogens is 1. The van der Waals surface area contributed by atoms with Gasteiger partial charge in [-0.1, -0.05) is 32.8 Å². The largest absolute Gasteiger partial charge is 0.508 e. The van der Waals surface area contributed by atoms with Crippen LogP contribution < -0.4 is 5.32 Å². The molecule has 0 fully saturated rings. The van der Waals surface area contributed by atoms with Gasteiger partial charge in [-0.05, 0) is 52.5 Å². The van der Waals surface area contributed by atoms with Gasteiger partial charge in [0.15, 0.2) is 15.5 Å². The third-order valence-corrected chi connectivity index (χ3v) is 7.37. The predicted octanol–water partition coefficient (Wildman–Crippen LogP) is 5.68. The lowest BCUT2D eigenvalue weighted by molar-refractivity contribution is 0.445. The van der Waals surface area contributed by atoms with Crippen LogP contribution in [0.2, 0.25) is 0 Å². The smallest absolute Gasteiger partial charge is 0.179 e. The van der Waals surface area contributed by atoms with E-state index in [4.69, 9.17) is 15.2 Å². The molecule has 9 nitrogen and oxygen atoms in total. The summed E-state index contributed by atoms with van der Waals surface area (Å²) >= 11 is 3.57. The van der Waals surface area contributed by atoms with E-state index in [2.05, 4.69) is 57.3 Å². The predicted molar refractivity (Wildman–Crippen MR) is 148 cm³/mol. The third-order valence-electron chi connectivity index (χ3n) is 5.68. The first-order chi connectivity index (χ1) is 17.6. The summed E-state index contributed by atoms with van der Waals surface area (Å²) in [7, 11) is -3.47. The van der Waals surface area contributed by atoms with E-state index >= 15 is 0 Å². The van der Waals surface area contributed by atoms with E-state index in [9.17, 15) is 8.42 Å². The lowest BCUT2D eigenvalue weighted by atomic mass is 9.94. The normalized spacial score (nSPS) is 11.4. The van der Waals surface area contributed by atoms with E-state index in [-0.39, 0.29) is 16.4 Å². The van der Waals surface area contributed by atoms with Crippen LogP contribution in [0.15, 0.2) is 64.4 Å². The summed E-state index contributed by atoms with van der Waals surface area (Å²) in [5.74, 6) is 0.913. The number of nitrogens with zero attached hydrogens (tertiary/aromatic N) is 4. The second-order valence-electron chi connectivity index (χ2n) is 8.71. The molecule has 0 saturated carbocycles. The number of aromatic hydroxyl groups is 2. The zero-order valence-electron chi connectivity index (χ0n) is 21.1. The van der Waals surface area contributed by atoms with Crippen molar-refractivity contribution < 1.29 is 18.6 Å². The van der Waals surface area contributed by atoms with Crippen LogP contribution in [0.3, 0.4) is 0 Å². The van der Waals surface area contributed by atoms with Gasteiger partial charge in [0.05, 0.1) is 10.7 Å². The fraction of sp³-hybridized carbons (Fsp3) is 0.346. The van der Waals surface area contributed by atoms with Crippen LogP contribution in [0.1, 0.15) is 56.7 Å². The topological polar surface area (TPSA) is 130 Å². The molecule has 3 N–H and O–H groups in total. The van der Waals surface area contributed by atoms with E-state index in [0.717, 1.165) is 71.3 Å². The van der Waals surface area contributed by atoms with Crippen molar-refractivity contribution in [3.8, 4) is 11.5 Å². The molecule has 37 heavy (non-hydrogen) atoms. The standard InChI is InChI=1S/C19H24BrN5.C7H8O4S/c1-3-6-15(7-4-2)17-10-18(22-12-14-8-5-9-21-11-14)25-19(24-17)16(20)13-23-25;1-12(10,11)7-4-5(8)2-3-6(7)9/h5,8-11,13,15,22H,3-4,6-7,12H2,1-2H3;2-4,8-9H,1H3. The number of aromatic nitrogens is 4. The van der Waals surface area contributed by atoms with E-state index in [1.54, 1.807) is 12.4 Å². The molecular weight excluding hydrogens is 558 g/mol. The summed E-state index contributed by atoms with van der Waals surface area (Å²) < 4.78 is 24.7. The monoisotopic (exact) mass is 589 g/mol. The Bertz CT molecular complexity index is 1420. The van der Waals surface area contributed by atoms with Gasteiger partial charge >= 0.3 is 0 Å². The zero-order valence-corrected chi connectivity index (χ0v) is 23.5. The molecule has 0 amide bonds. The van der Waals surface area contributed by atoms with E-state index in [1.807, 2.05) is 16.8 Å². The maximum atomic E-state index is 10.9. The van der Waals surface area contributed by atoms with Crippen molar-refractivity contribution in [2.75, 3.05) is 11.6 Å². The van der Waals surface area contributed by atoms with Crippen molar-refractivity contribution in [3.05, 3.63) is 70.7 Å². The quantitative estimate of drug-likeness (QED) is 0.212. The summed E-state index contributed by atoms with van der Waals surface area (Å²) in [4.78, 5) is 8.80. The highest BCUT2D eigenvalue weighted by molar-refractivity contribution is 9.10. The van der Waals surface area contributed by atoms with E-state index in [1.165, 1.54) is 6.07 Å². The summed E-state index contributed by atoms with van der Waals surface area (Å²) in [6.07, 6.45) is 11.1. The number of phenolic OH excluding ortho intramolecular Hbond substituents is 2. The molecule has 0 radical (unpaired) electrons. The van der Waals surface area contributed by atoms with Gasteiger partial charge in [-0.25, -0.2) is 13.4 Å². The molecule has 1 aromatic carbocycles. The Balaban J connectivity index is 0.000000266. The van der Waals surface area contributed by atoms with Crippen LogP contribution in [0, 0.1) is 0 Å². The molecule has 0 aliphatic carbocycles.